The second kappa shape index (κ2) is 7.60. The maximum Gasteiger partial charge on any atom is 0.251 e. The lowest BCUT2D eigenvalue weighted by Gasteiger charge is -2.17. The quantitative estimate of drug-likeness (QED) is 0.826. The van der Waals surface area contributed by atoms with Crippen molar-refractivity contribution in [2.24, 2.45) is 0 Å². The Hall–Kier alpha value is -2.54. The van der Waals surface area contributed by atoms with Gasteiger partial charge in [0.05, 0.1) is 18.0 Å². The van der Waals surface area contributed by atoms with Crippen LogP contribution in [0.3, 0.4) is 0 Å². The van der Waals surface area contributed by atoms with Crippen LogP contribution in [0.25, 0.3) is 0 Å². The first kappa shape index (κ1) is 19.2. The van der Waals surface area contributed by atoms with Crippen LogP contribution in [-0.2, 0) is 23.0 Å². The summed E-state index contributed by atoms with van der Waals surface area (Å²) in [5.74, 6) is 0.556. The topological polar surface area (TPSA) is 75.7 Å². The number of rotatable bonds is 6. The fourth-order valence-electron chi connectivity index (χ4n) is 3.08. The molecular formula is C20H24N2O4S. The molecule has 0 bridgehead atoms. The van der Waals surface area contributed by atoms with Crippen LogP contribution in [0.4, 0.5) is 5.69 Å². The van der Waals surface area contributed by atoms with E-state index in [0.29, 0.717) is 30.8 Å². The van der Waals surface area contributed by atoms with E-state index in [-0.39, 0.29) is 12.0 Å². The minimum Gasteiger partial charge on any atom is -0.491 e. The maximum absolute atomic E-state index is 12.5. The molecule has 3 rings (SSSR count). The van der Waals surface area contributed by atoms with E-state index in [2.05, 4.69) is 5.32 Å². The Bertz CT molecular complexity index is 937. The van der Waals surface area contributed by atoms with Crippen LogP contribution in [0, 0.1) is 0 Å². The number of hydrogen-bond acceptors (Lipinski definition) is 4. The van der Waals surface area contributed by atoms with Crippen LogP contribution in [0.15, 0.2) is 42.5 Å². The lowest BCUT2D eigenvalue weighted by molar-refractivity contribution is 0.0951. The molecule has 0 spiro atoms. The summed E-state index contributed by atoms with van der Waals surface area (Å²) in [6.45, 7) is 4.74. The Labute approximate surface area is 160 Å². The smallest absolute Gasteiger partial charge is 0.251 e. The normalized spacial score (nSPS) is 13.6. The molecule has 0 atom stereocenters. The van der Waals surface area contributed by atoms with Gasteiger partial charge in [0, 0.05) is 18.7 Å². The Morgan fingerprint density at radius 2 is 1.89 bits per heavy atom. The van der Waals surface area contributed by atoms with Crippen LogP contribution >= 0.6 is 0 Å². The molecule has 6 nitrogen and oxygen atoms in total. The van der Waals surface area contributed by atoms with E-state index >= 15 is 0 Å². The first-order valence-electron chi connectivity index (χ1n) is 8.88. The third-order valence-corrected chi connectivity index (χ3v) is 5.53. The van der Waals surface area contributed by atoms with Crippen molar-refractivity contribution in [2.45, 2.75) is 32.9 Å². The van der Waals surface area contributed by atoms with Gasteiger partial charge in [-0.3, -0.25) is 9.10 Å². The number of anilines is 1. The van der Waals surface area contributed by atoms with E-state index < -0.39 is 10.0 Å². The molecule has 2 aromatic rings. The molecule has 0 saturated carbocycles. The van der Waals surface area contributed by atoms with Crippen molar-refractivity contribution in [1.82, 2.24) is 5.32 Å². The molecule has 27 heavy (non-hydrogen) atoms. The van der Waals surface area contributed by atoms with Crippen LogP contribution in [0.5, 0.6) is 5.75 Å². The molecule has 1 heterocycles. The average molecular weight is 388 g/mol. The van der Waals surface area contributed by atoms with Crippen molar-refractivity contribution >= 4 is 21.6 Å². The highest BCUT2D eigenvalue weighted by Gasteiger charge is 2.26. The van der Waals surface area contributed by atoms with Gasteiger partial charge in [-0.05, 0) is 55.7 Å². The summed E-state index contributed by atoms with van der Waals surface area (Å²) in [5.41, 5.74) is 2.94. The average Bonchev–Trinajstić information content (AvgIpc) is 3.04. The Balaban J connectivity index is 1.67. The van der Waals surface area contributed by atoms with Crippen molar-refractivity contribution in [3.05, 3.63) is 59.2 Å². The summed E-state index contributed by atoms with van der Waals surface area (Å²) < 4.78 is 30.8. The van der Waals surface area contributed by atoms with Crippen LogP contribution in [0.1, 0.15) is 35.3 Å². The SMILES string of the molecule is CC(C)Oc1ccc(CNC(=O)c2ccc3c(c2)N(S(C)(=O)=O)CC3)cc1. The molecule has 0 radical (unpaired) electrons. The van der Waals surface area contributed by atoms with E-state index in [1.165, 1.54) is 10.6 Å². The van der Waals surface area contributed by atoms with Gasteiger partial charge in [-0.1, -0.05) is 18.2 Å². The number of ether oxygens (including phenoxy) is 1. The van der Waals surface area contributed by atoms with Crippen molar-refractivity contribution in [3.63, 3.8) is 0 Å². The fourth-order valence-corrected chi connectivity index (χ4v) is 4.03. The summed E-state index contributed by atoms with van der Waals surface area (Å²) in [7, 11) is -3.34. The van der Waals surface area contributed by atoms with Crippen molar-refractivity contribution < 1.29 is 17.9 Å². The van der Waals surface area contributed by atoms with Gasteiger partial charge in [0.2, 0.25) is 10.0 Å². The Kier molecular flexibility index (Phi) is 5.41. The number of nitrogens with one attached hydrogen (secondary N) is 1. The van der Waals surface area contributed by atoms with Gasteiger partial charge >= 0.3 is 0 Å². The molecule has 0 aliphatic carbocycles. The number of amides is 1. The van der Waals surface area contributed by atoms with E-state index in [1.54, 1.807) is 12.1 Å². The number of benzene rings is 2. The second-order valence-corrected chi connectivity index (χ2v) is 8.83. The molecule has 7 heteroatoms. The van der Waals surface area contributed by atoms with Gasteiger partial charge in [-0.15, -0.1) is 0 Å². The van der Waals surface area contributed by atoms with Gasteiger partial charge in [0.1, 0.15) is 5.75 Å². The molecule has 2 aromatic carbocycles. The molecule has 1 aliphatic rings. The lowest BCUT2D eigenvalue weighted by atomic mass is 10.1. The molecular weight excluding hydrogens is 364 g/mol. The first-order chi connectivity index (χ1) is 12.7. The molecule has 0 unspecified atom stereocenters. The Morgan fingerprint density at radius 3 is 2.52 bits per heavy atom. The van der Waals surface area contributed by atoms with Crippen molar-refractivity contribution in [3.8, 4) is 5.75 Å². The van der Waals surface area contributed by atoms with E-state index in [4.69, 9.17) is 4.74 Å². The predicted octanol–water partition coefficient (Wildman–Crippen LogP) is 2.73. The zero-order valence-electron chi connectivity index (χ0n) is 15.7. The van der Waals surface area contributed by atoms with Gasteiger partial charge < -0.3 is 10.1 Å². The van der Waals surface area contributed by atoms with E-state index in [9.17, 15) is 13.2 Å². The van der Waals surface area contributed by atoms with Crippen LogP contribution in [0.2, 0.25) is 0 Å². The molecule has 0 saturated heterocycles. The number of fused-ring (bicyclic) bond motifs is 1. The third-order valence-electron chi connectivity index (χ3n) is 4.35. The fraction of sp³-hybridized carbons (Fsp3) is 0.350. The van der Waals surface area contributed by atoms with E-state index in [0.717, 1.165) is 16.9 Å². The van der Waals surface area contributed by atoms with Crippen LogP contribution in [-0.4, -0.2) is 33.2 Å². The molecule has 1 N–H and O–H groups in total. The predicted molar refractivity (Wildman–Crippen MR) is 106 cm³/mol. The van der Waals surface area contributed by atoms with Gasteiger partial charge in [-0.2, -0.15) is 0 Å². The standard InChI is InChI=1S/C20H24N2O4S/c1-14(2)26-18-8-4-15(5-9-18)13-21-20(23)17-7-6-16-10-11-22(19(16)12-17)27(3,24)25/h4-9,12,14H,10-11,13H2,1-3H3,(H,21,23). The van der Waals surface area contributed by atoms with Gasteiger partial charge in [0.15, 0.2) is 0 Å². The summed E-state index contributed by atoms with van der Waals surface area (Å²) in [6.07, 6.45) is 1.96. The van der Waals surface area contributed by atoms with Gasteiger partial charge in [-0.25, -0.2) is 8.42 Å². The highest BCUT2D eigenvalue weighted by molar-refractivity contribution is 7.92. The number of carbonyl (C=O) groups is 1. The minimum absolute atomic E-state index is 0.113. The largest absolute Gasteiger partial charge is 0.491 e. The lowest BCUT2D eigenvalue weighted by Crippen LogP contribution is -2.28. The summed E-state index contributed by atoms with van der Waals surface area (Å²) in [5, 5.41) is 2.87. The number of hydrogen-bond donors (Lipinski definition) is 1. The number of sulfonamides is 1. The third kappa shape index (κ3) is 4.60. The van der Waals surface area contributed by atoms with E-state index in [1.807, 2.05) is 44.2 Å². The summed E-state index contributed by atoms with van der Waals surface area (Å²) in [4.78, 5) is 12.5. The monoisotopic (exact) mass is 388 g/mol. The van der Waals surface area contributed by atoms with Crippen LogP contribution < -0.4 is 14.4 Å². The number of nitrogens with zero attached hydrogens (tertiary/aromatic N) is 1. The van der Waals surface area contributed by atoms with Crippen molar-refractivity contribution in [1.29, 1.82) is 0 Å². The molecule has 0 aromatic heterocycles. The second-order valence-electron chi connectivity index (χ2n) is 6.92. The highest BCUT2D eigenvalue weighted by atomic mass is 32.2. The summed E-state index contributed by atoms with van der Waals surface area (Å²) >= 11 is 0. The zero-order chi connectivity index (χ0) is 19.6. The minimum atomic E-state index is -3.34. The molecule has 0 fully saturated rings. The van der Waals surface area contributed by atoms with Crippen molar-refractivity contribution in [2.75, 3.05) is 17.1 Å². The Morgan fingerprint density at radius 1 is 1.19 bits per heavy atom. The molecule has 1 aliphatic heterocycles. The first-order valence-corrected chi connectivity index (χ1v) is 10.7. The summed E-state index contributed by atoms with van der Waals surface area (Å²) in [6, 6.07) is 12.8. The molecule has 1 amide bonds. The molecule has 144 valence electrons. The van der Waals surface area contributed by atoms with Gasteiger partial charge in [0.25, 0.3) is 5.91 Å². The number of carbonyl (C=O) groups excluding carboxylic acids is 1. The highest BCUT2D eigenvalue weighted by Crippen LogP contribution is 2.30. The zero-order valence-corrected chi connectivity index (χ0v) is 16.5. The maximum atomic E-state index is 12.5.